The van der Waals surface area contributed by atoms with Crippen molar-refractivity contribution in [1.82, 2.24) is 10.0 Å². The van der Waals surface area contributed by atoms with Gasteiger partial charge in [-0.2, -0.15) is 4.39 Å². The first-order valence-electron chi connectivity index (χ1n) is 10.3. The molecule has 0 saturated heterocycles. The Morgan fingerprint density at radius 2 is 1.85 bits per heavy atom. The van der Waals surface area contributed by atoms with E-state index in [0.717, 1.165) is 25.5 Å². The molecule has 11 heteroatoms. The first-order chi connectivity index (χ1) is 15.5. The van der Waals surface area contributed by atoms with Gasteiger partial charge in [0.05, 0.1) is 18.0 Å². The Bertz CT molecular complexity index is 1050. The van der Waals surface area contributed by atoms with Crippen LogP contribution in [0.2, 0.25) is 0 Å². The summed E-state index contributed by atoms with van der Waals surface area (Å²) in [4.78, 5) is 23.0. The van der Waals surface area contributed by atoms with Crippen LogP contribution in [-0.2, 0) is 26.0 Å². The number of carboxylic acids is 1. The third kappa shape index (κ3) is 9.46. The number of hydrogen-bond donors (Lipinski definition) is 4. The molecule has 0 fully saturated rings. The third-order valence-electron chi connectivity index (χ3n) is 4.66. The highest BCUT2D eigenvalue weighted by molar-refractivity contribution is 7.88. The molecule has 180 valence electrons. The molecule has 0 aromatic heterocycles. The topological polar surface area (TPSA) is 148 Å². The molecule has 2 unspecified atom stereocenters. The van der Waals surface area contributed by atoms with Gasteiger partial charge in [-0.25, -0.2) is 17.9 Å². The van der Waals surface area contributed by atoms with Crippen LogP contribution in [0, 0.1) is 0 Å². The molecule has 0 bridgehead atoms. The second-order valence-corrected chi connectivity index (χ2v) is 9.29. The maximum absolute atomic E-state index is 13.3. The second kappa shape index (κ2) is 12.2. The second-order valence-electron chi connectivity index (χ2n) is 7.51. The Labute approximate surface area is 192 Å². The number of carbonyl (C=O) groups excluding carboxylic acids is 1. The van der Waals surface area contributed by atoms with E-state index in [1.165, 1.54) is 23.8 Å². The van der Waals surface area contributed by atoms with E-state index in [4.69, 9.17) is 10.8 Å². The van der Waals surface area contributed by atoms with E-state index in [1.54, 1.807) is 0 Å². The van der Waals surface area contributed by atoms with Crippen molar-refractivity contribution in [3.05, 3.63) is 59.7 Å². The van der Waals surface area contributed by atoms with Gasteiger partial charge in [-0.3, -0.25) is 4.79 Å². The van der Waals surface area contributed by atoms with E-state index >= 15 is 0 Å². The number of sulfonamides is 1. The minimum Gasteiger partial charge on any atom is -0.476 e. The zero-order valence-electron chi connectivity index (χ0n) is 18.2. The summed E-state index contributed by atoms with van der Waals surface area (Å²) in [6.07, 6.45) is 0.715. The van der Waals surface area contributed by atoms with Crippen LogP contribution in [0.1, 0.15) is 36.4 Å². The predicted molar refractivity (Wildman–Crippen MR) is 122 cm³/mol. The van der Waals surface area contributed by atoms with Crippen LogP contribution in [0.15, 0.2) is 48.5 Å². The fraction of sp³-hybridized carbons (Fsp3) is 0.364. The minimum atomic E-state index is -3.67. The highest BCUT2D eigenvalue weighted by atomic mass is 32.2. The molecule has 9 nitrogen and oxygen atoms in total. The van der Waals surface area contributed by atoms with Gasteiger partial charge in [0.2, 0.25) is 15.9 Å². The lowest BCUT2D eigenvalue weighted by Gasteiger charge is -2.19. The van der Waals surface area contributed by atoms with Crippen molar-refractivity contribution < 1.29 is 32.2 Å². The number of benzene rings is 2. The Morgan fingerprint density at radius 1 is 1.15 bits per heavy atom. The number of nitrogen functional groups attached to an aromatic ring is 1. The van der Waals surface area contributed by atoms with E-state index < -0.39 is 28.4 Å². The molecule has 0 heterocycles. The summed E-state index contributed by atoms with van der Waals surface area (Å²) >= 11 is 0. The van der Waals surface area contributed by atoms with E-state index in [9.17, 15) is 22.4 Å². The zero-order chi connectivity index (χ0) is 24.4. The SMILES string of the molecule is CS(=O)(=O)NC(CC(=O)NCCCCc1ccccc1)c1ccc(OC(F)C(=O)O)c(N)c1. The van der Waals surface area contributed by atoms with Gasteiger partial charge in [0.15, 0.2) is 0 Å². The monoisotopic (exact) mass is 481 g/mol. The van der Waals surface area contributed by atoms with Crippen molar-refractivity contribution in [2.45, 2.75) is 38.1 Å². The van der Waals surface area contributed by atoms with Crippen LogP contribution >= 0.6 is 0 Å². The van der Waals surface area contributed by atoms with Crippen LogP contribution < -0.4 is 20.5 Å². The molecule has 1 amide bonds. The summed E-state index contributed by atoms with van der Waals surface area (Å²) in [7, 11) is -3.67. The van der Waals surface area contributed by atoms with Crippen molar-refractivity contribution in [2.24, 2.45) is 0 Å². The number of nitrogens with two attached hydrogens (primary N) is 1. The maximum atomic E-state index is 13.3. The molecule has 33 heavy (non-hydrogen) atoms. The van der Waals surface area contributed by atoms with Crippen LogP contribution in [0.3, 0.4) is 0 Å². The van der Waals surface area contributed by atoms with Gasteiger partial charge >= 0.3 is 12.3 Å². The number of hydrogen-bond acceptors (Lipinski definition) is 6. The summed E-state index contributed by atoms with van der Waals surface area (Å²) in [6, 6.07) is 13.0. The van der Waals surface area contributed by atoms with Crippen molar-refractivity contribution >= 4 is 27.6 Å². The van der Waals surface area contributed by atoms with Gasteiger partial charge in [0.1, 0.15) is 5.75 Å². The molecule has 0 aliphatic heterocycles. The van der Waals surface area contributed by atoms with Gasteiger partial charge in [-0.05, 0) is 42.5 Å². The Hall–Kier alpha value is -3.18. The van der Waals surface area contributed by atoms with Gasteiger partial charge in [-0.1, -0.05) is 36.4 Å². The number of rotatable bonds is 13. The van der Waals surface area contributed by atoms with E-state index in [0.29, 0.717) is 12.1 Å². The number of amides is 1. The van der Waals surface area contributed by atoms with Crippen LogP contribution in [0.25, 0.3) is 0 Å². The summed E-state index contributed by atoms with van der Waals surface area (Å²) in [5.41, 5.74) is 7.26. The molecule has 0 aliphatic rings. The highest BCUT2D eigenvalue weighted by Gasteiger charge is 2.22. The number of aliphatic carboxylic acids is 1. The molecule has 0 aliphatic carbocycles. The molecule has 2 atom stereocenters. The maximum Gasteiger partial charge on any atom is 0.378 e. The average molecular weight is 482 g/mol. The summed E-state index contributed by atoms with van der Waals surface area (Å²) in [5, 5.41) is 11.4. The van der Waals surface area contributed by atoms with Crippen LogP contribution in [0.4, 0.5) is 10.1 Å². The Morgan fingerprint density at radius 3 is 2.45 bits per heavy atom. The van der Waals surface area contributed by atoms with Crippen molar-refractivity contribution in [2.75, 3.05) is 18.5 Å². The fourth-order valence-corrected chi connectivity index (χ4v) is 3.86. The quantitative estimate of drug-likeness (QED) is 0.253. The molecule has 2 aromatic rings. The molecule has 0 radical (unpaired) electrons. The number of carboxylic acid groups (broad SMARTS) is 1. The van der Waals surface area contributed by atoms with Crippen LogP contribution in [0.5, 0.6) is 5.75 Å². The molecular weight excluding hydrogens is 453 g/mol. The third-order valence-corrected chi connectivity index (χ3v) is 5.38. The van der Waals surface area contributed by atoms with Crippen molar-refractivity contribution in [3.8, 4) is 5.75 Å². The van der Waals surface area contributed by atoms with Gasteiger partial charge in [-0.15, -0.1) is 0 Å². The van der Waals surface area contributed by atoms with Crippen molar-refractivity contribution in [1.29, 1.82) is 0 Å². The van der Waals surface area contributed by atoms with Gasteiger partial charge < -0.3 is 20.9 Å². The predicted octanol–water partition coefficient (Wildman–Crippen LogP) is 2.15. The highest BCUT2D eigenvalue weighted by Crippen LogP contribution is 2.28. The summed E-state index contributed by atoms with van der Waals surface area (Å²) in [5.74, 6) is -2.38. The van der Waals surface area contributed by atoms with E-state index in [-0.39, 0.29) is 23.8 Å². The lowest BCUT2D eigenvalue weighted by Crippen LogP contribution is -2.33. The van der Waals surface area contributed by atoms with Crippen LogP contribution in [-0.4, -0.2) is 44.6 Å². The van der Waals surface area contributed by atoms with E-state index in [2.05, 4.69) is 14.8 Å². The number of carbonyl (C=O) groups is 2. The Kier molecular flexibility index (Phi) is 9.61. The molecule has 0 spiro atoms. The number of nitrogens with one attached hydrogen (secondary N) is 2. The first kappa shape index (κ1) is 26.1. The first-order valence-corrected chi connectivity index (χ1v) is 12.1. The largest absolute Gasteiger partial charge is 0.476 e. The molecule has 2 aromatic carbocycles. The molecule has 2 rings (SSSR count). The number of ether oxygens (including phenoxy) is 1. The number of unbranched alkanes of at least 4 members (excludes halogenated alkanes) is 1. The molecule has 0 saturated carbocycles. The number of anilines is 1. The lowest BCUT2D eigenvalue weighted by atomic mass is 10.0. The van der Waals surface area contributed by atoms with Gasteiger partial charge in [0.25, 0.3) is 0 Å². The fourth-order valence-electron chi connectivity index (χ4n) is 3.12. The van der Waals surface area contributed by atoms with Crippen molar-refractivity contribution in [3.63, 3.8) is 0 Å². The average Bonchev–Trinajstić information content (AvgIpc) is 2.74. The standard InChI is InChI=1S/C22H28FN3O6S/c1-33(30,31)26-18(16-10-11-19(17(24)13-16)32-21(23)22(28)29)14-20(27)25-12-6-5-9-15-7-3-2-4-8-15/h2-4,7-8,10-11,13,18,21,26H,5-6,9,12,14,24H2,1H3,(H,25,27)(H,28,29). The molecule has 5 N–H and O–H groups in total. The smallest absolute Gasteiger partial charge is 0.378 e. The summed E-state index contributed by atoms with van der Waals surface area (Å²) in [6.45, 7) is 0.444. The normalized spacial score (nSPS) is 13.2. The van der Waals surface area contributed by atoms with E-state index in [1.807, 2.05) is 30.3 Å². The number of alkyl halides is 1. The zero-order valence-corrected chi connectivity index (χ0v) is 19.0. The molecular formula is C22H28FN3O6S. The number of halogens is 1. The number of aryl methyl sites for hydroxylation is 1. The minimum absolute atomic E-state index is 0.0991. The van der Waals surface area contributed by atoms with Gasteiger partial charge in [0, 0.05) is 13.0 Å². The lowest BCUT2D eigenvalue weighted by molar-refractivity contribution is -0.153. The summed E-state index contributed by atoms with van der Waals surface area (Å²) < 4.78 is 43.9. The Balaban J connectivity index is 1.96.